The lowest BCUT2D eigenvalue weighted by Gasteiger charge is -2.33. The number of carbonyl (C=O) groups excluding carboxylic acids is 1. The molecular weight excluding hydrogens is 336 g/mol. The third-order valence-electron chi connectivity index (χ3n) is 3.51. The van der Waals surface area contributed by atoms with Crippen LogP contribution in [0.4, 0.5) is 25.1 Å². The molecule has 24 heavy (non-hydrogen) atoms. The summed E-state index contributed by atoms with van der Waals surface area (Å²) in [7, 11) is 0. The minimum Gasteiger partial charge on any atom is -0.444 e. The number of alkyl halides is 2. The van der Waals surface area contributed by atoms with Crippen LogP contribution in [0.5, 0.6) is 0 Å². The molecule has 1 saturated heterocycles. The Kier molecular flexibility index (Phi) is 5.57. The molecule has 1 N–H and O–H groups in total. The average molecular weight is 359 g/mol. The fourth-order valence-corrected chi connectivity index (χ4v) is 2.56. The van der Waals surface area contributed by atoms with E-state index in [1.54, 1.807) is 32.9 Å². The van der Waals surface area contributed by atoms with Crippen molar-refractivity contribution in [2.45, 2.75) is 50.9 Å². The number of pyridine rings is 1. The fourth-order valence-electron chi connectivity index (χ4n) is 2.40. The number of nitrogens with one attached hydrogen (secondary N) is 1. The smallest absolute Gasteiger partial charge is 0.413 e. The topological polar surface area (TPSA) is 54.5 Å². The summed E-state index contributed by atoms with van der Waals surface area (Å²) < 4.78 is 31.9. The lowest BCUT2D eigenvalue weighted by Crippen LogP contribution is -2.39. The number of halogens is 2. The maximum atomic E-state index is 13.3. The zero-order chi connectivity index (χ0) is 18.0. The third-order valence-corrected chi connectivity index (χ3v) is 3.84. The van der Waals surface area contributed by atoms with E-state index in [0.29, 0.717) is 17.3 Å². The number of hydrogen-bond acceptors (Lipinski definition) is 5. The molecule has 8 heteroatoms. The standard InChI is InChI=1S/C16H23F2N3O2S/c1-15(2,3)23-14(22)20-13-9-12(8-11(10-24)19-13)21-6-4-16(17,18)5-7-21/h8-9,24H,4-7,10H2,1-3H3,(H,19,20,22). The Morgan fingerprint density at radius 1 is 1.38 bits per heavy atom. The van der Waals surface area contributed by atoms with E-state index in [1.165, 1.54) is 0 Å². The molecule has 0 unspecified atom stereocenters. The Hall–Kier alpha value is -1.57. The van der Waals surface area contributed by atoms with Crippen LogP contribution in [0.15, 0.2) is 12.1 Å². The van der Waals surface area contributed by atoms with Gasteiger partial charge in [-0.25, -0.2) is 18.6 Å². The van der Waals surface area contributed by atoms with Crippen LogP contribution in [0.2, 0.25) is 0 Å². The van der Waals surface area contributed by atoms with Crippen molar-refractivity contribution in [3.63, 3.8) is 0 Å². The van der Waals surface area contributed by atoms with Crippen LogP contribution < -0.4 is 10.2 Å². The molecule has 0 atom stereocenters. The summed E-state index contributed by atoms with van der Waals surface area (Å²) in [4.78, 5) is 18.0. The first-order chi connectivity index (χ1) is 11.1. The van der Waals surface area contributed by atoms with Crippen LogP contribution >= 0.6 is 12.6 Å². The minimum atomic E-state index is -2.60. The van der Waals surface area contributed by atoms with Gasteiger partial charge in [0.05, 0.1) is 5.69 Å². The first-order valence-corrected chi connectivity index (χ1v) is 8.46. The van der Waals surface area contributed by atoms with Gasteiger partial charge in [-0.3, -0.25) is 5.32 Å². The van der Waals surface area contributed by atoms with Gasteiger partial charge in [0.2, 0.25) is 0 Å². The van der Waals surface area contributed by atoms with E-state index < -0.39 is 17.6 Å². The zero-order valence-electron chi connectivity index (χ0n) is 14.1. The summed E-state index contributed by atoms with van der Waals surface area (Å²) in [6, 6.07) is 3.47. The summed E-state index contributed by atoms with van der Waals surface area (Å²) in [6.45, 7) is 5.82. The molecule has 0 aliphatic carbocycles. The lowest BCUT2D eigenvalue weighted by atomic mass is 10.1. The molecule has 5 nitrogen and oxygen atoms in total. The van der Waals surface area contributed by atoms with Gasteiger partial charge in [-0.2, -0.15) is 12.6 Å². The summed E-state index contributed by atoms with van der Waals surface area (Å²) in [5.74, 6) is -1.91. The van der Waals surface area contributed by atoms with E-state index in [0.717, 1.165) is 5.69 Å². The molecule has 1 aromatic rings. The monoisotopic (exact) mass is 359 g/mol. The Bertz CT molecular complexity index is 595. The molecule has 134 valence electrons. The van der Waals surface area contributed by atoms with Gasteiger partial charge < -0.3 is 9.64 Å². The van der Waals surface area contributed by atoms with Gasteiger partial charge in [0, 0.05) is 43.4 Å². The number of piperidine rings is 1. The Morgan fingerprint density at radius 3 is 2.54 bits per heavy atom. The van der Waals surface area contributed by atoms with Crippen molar-refractivity contribution in [2.75, 3.05) is 23.3 Å². The van der Waals surface area contributed by atoms with Crippen molar-refractivity contribution in [3.05, 3.63) is 17.8 Å². The summed E-state index contributed by atoms with van der Waals surface area (Å²) in [6.07, 6.45) is -0.969. The van der Waals surface area contributed by atoms with Gasteiger partial charge in [0.1, 0.15) is 11.4 Å². The zero-order valence-corrected chi connectivity index (χ0v) is 15.0. The van der Waals surface area contributed by atoms with Gasteiger partial charge in [0.25, 0.3) is 5.92 Å². The van der Waals surface area contributed by atoms with Gasteiger partial charge in [-0.1, -0.05) is 0 Å². The highest BCUT2D eigenvalue weighted by Gasteiger charge is 2.34. The highest BCUT2D eigenvalue weighted by molar-refractivity contribution is 7.79. The van der Waals surface area contributed by atoms with E-state index in [4.69, 9.17) is 4.74 Å². The fraction of sp³-hybridized carbons (Fsp3) is 0.625. The quantitative estimate of drug-likeness (QED) is 0.798. The Morgan fingerprint density at radius 2 is 2.00 bits per heavy atom. The number of aromatic nitrogens is 1. The molecule has 1 aliphatic heterocycles. The van der Waals surface area contributed by atoms with E-state index in [-0.39, 0.29) is 25.9 Å². The molecular formula is C16H23F2N3O2S. The minimum absolute atomic E-state index is 0.180. The van der Waals surface area contributed by atoms with Crippen molar-refractivity contribution < 1.29 is 18.3 Å². The molecule has 0 bridgehead atoms. The predicted octanol–water partition coefficient (Wildman–Crippen LogP) is 4.09. The number of ether oxygens (including phenoxy) is 1. The largest absolute Gasteiger partial charge is 0.444 e. The maximum absolute atomic E-state index is 13.3. The molecule has 0 saturated carbocycles. The molecule has 1 amide bonds. The molecule has 0 spiro atoms. The number of amides is 1. The number of thiol groups is 1. The highest BCUT2D eigenvalue weighted by Crippen LogP contribution is 2.31. The van der Waals surface area contributed by atoms with Crippen LogP contribution in [-0.4, -0.2) is 35.7 Å². The number of nitrogens with zero attached hydrogens (tertiary/aromatic N) is 2. The second-order valence-corrected chi connectivity index (χ2v) is 7.15. The van der Waals surface area contributed by atoms with Crippen LogP contribution in [-0.2, 0) is 10.5 Å². The molecule has 0 aromatic carbocycles. The number of anilines is 2. The molecule has 1 aliphatic rings. The molecule has 0 radical (unpaired) electrons. The molecule has 2 heterocycles. The summed E-state index contributed by atoms with van der Waals surface area (Å²) in [5.41, 5.74) is 0.779. The Balaban J connectivity index is 2.14. The van der Waals surface area contributed by atoms with Crippen molar-refractivity contribution in [1.29, 1.82) is 0 Å². The number of hydrogen-bond donors (Lipinski definition) is 2. The van der Waals surface area contributed by atoms with Crippen LogP contribution in [0.25, 0.3) is 0 Å². The van der Waals surface area contributed by atoms with Gasteiger partial charge >= 0.3 is 6.09 Å². The second-order valence-electron chi connectivity index (χ2n) is 6.83. The van der Waals surface area contributed by atoms with Gasteiger partial charge in [-0.15, -0.1) is 0 Å². The summed E-state index contributed by atoms with van der Waals surface area (Å²) >= 11 is 4.21. The van der Waals surface area contributed by atoms with Gasteiger partial charge in [-0.05, 0) is 26.8 Å². The summed E-state index contributed by atoms with van der Waals surface area (Å²) in [5, 5.41) is 2.59. The third kappa shape index (κ3) is 5.51. The Labute approximate surface area is 146 Å². The lowest BCUT2D eigenvalue weighted by molar-refractivity contribution is -0.0220. The number of carbonyl (C=O) groups is 1. The first-order valence-electron chi connectivity index (χ1n) is 7.83. The molecule has 1 aromatic heterocycles. The average Bonchev–Trinajstić information content (AvgIpc) is 2.44. The van der Waals surface area contributed by atoms with E-state index in [1.807, 2.05) is 4.90 Å². The maximum Gasteiger partial charge on any atom is 0.413 e. The predicted molar refractivity (Wildman–Crippen MR) is 93.2 cm³/mol. The van der Waals surface area contributed by atoms with E-state index in [9.17, 15) is 13.6 Å². The van der Waals surface area contributed by atoms with Gasteiger partial charge in [0.15, 0.2) is 0 Å². The molecule has 2 rings (SSSR count). The SMILES string of the molecule is CC(C)(C)OC(=O)Nc1cc(N2CCC(F)(F)CC2)cc(CS)n1. The van der Waals surface area contributed by atoms with E-state index >= 15 is 0 Å². The van der Waals surface area contributed by atoms with Crippen LogP contribution in [0.1, 0.15) is 39.3 Å². The van der Waals surface area contributed by atoms with Crippen molar-refractivity contribution in [1.82, 2.24) is 4.98 Å². The van der Waals surface area contributed by atoms with Crippen molar-refractivity contribution in [2.24, 2.45) is 0 Å². The highest BCUT2D eigenvalue weighted by atomic mass is 32.1. The van der Waals surface area contributed by atoms with E-state index in [2.05, 4.69) is 22.9 Å². The van der Waals surface area contributed by atoms with Crippen molar-refractivity contribution in [3.8, 4) is 0 Å². The van der Waals surface area contributed by atoms with Crippen LogP contribution in [0, 0.1) is 0 Å². The normalized spacial score (nSPS) is 17.5. The second kappa shape index (κ2) is 7.13. The number of rotatable bonds is 3. The van der Waals surface area contributed by atoms with Crippen molar-refractivity contribution >= 4 is 30.2 Å². The van der Waals surface area contributed by atoms with Crippen LogP contribution in [0.3, 0.4) is 0 Å². The molecule has 1 fully saturated rings. The first kappa shape index (κ1) is 18.8.